The Hall–Kier alpha value is -3.13. The Labute approximate surface area is 194 Å². The van der Waals surface area contributed by atoms with Crippen LogP contribution in [-0.4, -0.2) is 74.7 Å². The van der Waals surface area contributed by atoms with Crippen molar-refractivity contribution in [1.82, 2.24) is 9.80 Å². The molecule has 33 heavy (non-hydrogen) atoms. The summed E-state index contributed by atoms with van der Waals surface area (Å²) in [5.41, 5.74) is 0.516. The second kappa shape index (κ2) is 11.1. The number of halogens is 1. The van der Waals surface area contributed by atoms with Gasteiger partial charge in [0.1, 0.15) is 5.82 Å². The van der Waals surface area contributed by atoms with E-state index in [0.29, 0.717) is 43.3 Å². The van der Waals surface area contributed by atoms with E-state index >= 15 is 0 Å². The second-order valence-corrected chi connectivity index (χ2v) is 8.40. The third-order valence-electron chi connectivity index (χ3n) is 5.46. The normalized spacial score (nSPS) is 15.9. The first-order valence-electron chi connectivity index (χ1n) is 11.0. The van der Waals surface area contributed by atoms with Gasteiger partial charge in [-0.25, -0.2) is 4.39 Å². The van der Waals surface area contributed by atoms with E-state index in [0.717, 1.165) is 0 Å². The molecule has 0 aromatic heterocycles. The lowest BCUT2D eigenvalue weighted by Gasteiger charge is -2.36. The van der Waals surface area contributed by atoms with Gasteiger partial charge in [0.15, 0.2) is 11.5 Å². The summed E-state index contributed by atoms with van der Waals surface area (Å²) < 4.78 is 30.7. The number of hydrogen-bond donors (Lipinski definition) is 0. The van der Waals surface area contributed by atoms with Gasteiger partial charge >= 0.3 is 0 Å². The van der Waals surface area contributed by atoms with E-state index in [1.165, 1.54) is 26.4 Å². The van der Waals surface area contributed by atoms with Gasteiger partial charge in [-0.05, 0) is 36.2 Å². The number of carbonyl (C=O) groups is 2. The highest BCUT2D eigenvalue weighted by molar-refractivity contribution is 5.95. The molecule has 3 rings (SSSR count). The molecule has 1 atom stereocenters. The summed E-state index contributed by atoms with van der Waals surface area (Å²) in [6, 6.07) is 11.0. The van der Waals surface area contributed by atoms with E-state index in [1.807, 2.05) is 13.8 Å². The zero-order valence-electron chi connectivity index (χ0n) is 19.5. The van der Waals surface area contributed by atoms with Crippen molar-refractivity contribution in [1.29, 1.82) is 0 Å². The largest absolute Gasteiger partial charge is 0.493 e. The third kappa shape index (κ3) is 6.01. The number of ether oxygens (including phenoxy) is 3. The minimum atomic E-state index is -0.550. The topological polar surface area (TPSA) is 68.3 Å². The molecule has 0 N–H and O–H groups in total. The van der Waals surface area contributed by atoms with Crippen LogP contribution in [0, 0.1) is 11.7 Å². The molecular formula is C25H31FN2O5. The molecule has 8 heteroatoms. The van der Waals surface area contributed by atoms with Crippen LogP contribution in [0.3, 0.4) is 0 Å². The molecular weight excluding hydrogens is 427 g/mol. The molecule has 178 valence electrons. The number of amides is 2. The summed E-state index contributed by atoms with van der Waals surface area (Å²) in [6.07, 6.45) is -0.377. The number of morpholine rings is 1. The van der Waals surface area contributed by atoms with Gasteiger partial charge in [0.2, 0.25) is 0 Å². The summed E-state index contributed by atoms with van der Waals surface area (Å²) in [5, 5.41) is 0. The first kappa shape index (κ1) is 24.5. The van der Waals surface area contributed by atoms with E-state index in [1.54, 1.807) is 40.1 Å². The number of rotatable bonds is 8. The molecule has 1 saturated heterocycles. The molecule has 0 aliphatic carbocycles. The average Bonchev–Trinajstić information content (AvgIpc) is 2.82. The predicted molar refractivity (Wildman–Crippen MR) is 122 cm³/mol. The van der Waals surface area contributed by atoms with Crippen molar-refractivity contribution >= 4 is 11.8 Å². The molecule has 1 fully saturated rings. The summed E-state index contributed by atoms with van der Waals surface area (Å²) >= 11 is 0. The van der Waals surface area contributed by atoms with Crippen LogP contribution in [0.2, 0.25) is 0 Å². The van der Waals surface area contributed by atoms with Crippen molar-refractivity contribution in [2.45, 2.75) is 20.0 Å². The fourth-order valence-corrected chi connectivity index (χ4v) is 3.90. The molecule has 0 saturated carbocycles. The van der Waals surface area contributed by atoms with E-state index in [9.17, 15) is 14.0 Å². The molecule has 0 spiro atoms. The third-order valence-corrected chi connectivity index (χ3v) is 5.46. The van der Waals surface area contributed by atoms with Gasteiger partial charge in [0, 0.05) is 31.7 Å². The zero-order valence-corrected chi connectivity index (χ0v) is 19.5. The Morgan fingerprint density at radius 2 is 1.88 bits per heavy atom. The number of nitrogens with zero attached hydrogens (tertiary/aromatic N) is 2. The lowest BCUT2D eigenvalue weighted by molar-refractivity contribution is -0.0340. The molecule has 1 aliphatic heterocycles. The molecule has 1 aliphatic rings. The average molecular weight is 459 g/mol. The summed E-state index contributed by atoms with van der Waals surface area (Å²) in [5.74, 6) is 0.130. The van der Waals surface area contributed by atoms with Crippen molar-refractivity contribution in [3.8, 4) is 11.5 Å². The van der Waals surface area contributed by atoms with Crippen LogP contribution < -0.4 is 9.47 Å². The number of benzene rings is 2. The number of hydrogen-bond acceptors (Lipinski definition) is 5. The highest BCUT2D eigenvalue weighted by atomic mass is 19.1. The Kier molecular flexibility index (Phi) is 8.27. The van der Waals surface area contributed by atoms with Crippen LogP contribution in [0.4, 0.5) is 4.39 Å². The Morgan fingerprint density at radius 3 is 2.55 bits per heavy atom. The molecule has 1 unspecified atom stereocenters. The van der Waals surface area contributed by atoms with Gasteiger partial charge < -0.3 is 24.0 Å². The minimum absolute atomic E-state index is 0.0345. The van der Waals surface area contributed by atoms with Crippen LogP contribution in [-0.2, 0) is 4.74 Å². The van der Waals surface area contributed by atoms with Gasteiger partial charge in [0.05, 0.1) is 32.5 Å². The molecule has 2 aromatic rings. The molecule has 0 bridgehead atoms. The minimum Gasteiger partial charge on any atom is -0.493 e. The van der Waals surface area contributed by atoms with Crippen LogP contribution in [0.1, 0.15) is 34.6 Å². The fourth-order valence-electron chi connectivity index (χ4n) is 3.90. The van der Waals surface area contributed by atoms with Crippen LogP contribution in [0.25, 0.3) is 0 Å². The lowest BCUT2D eigenvalue weighted by Crippen LogP contribution is -2.51. The van der Waals surface area contributed by atoms with Crippen molar-refractivity contribution in [3.63, 3.8) is 0 Å². The van der Waals surface area contributed by atoms with Crippen LogP contribution in [0.5, 0.6) is 11.5 Å². The monoisotopic (exact) mass is 458 g/mol. The first-order valence-corrected chi connectivity index (χ1v) is 11.0. The van der Waals surface area contributed by atoms with Gasteiger partial charge in [0.25, 0.3) is 11.8 Å². The highest BCUT2D eigenvalue weighted by Gasteiger charge is 2.29. The Bertz CT molecular complexity index is 981. The summed E-state index contributed by atoms with van der Waals surface area (Å²) in [4.78, 5) is 29.5. The van der Waals surface area contributed by atoms with Crippen molar-refractivity contribution in [2.24, 2.45) is 5.92 Å². The van der Waals surface area contributed by atoms with Crippen LogP contribution in [0.15, 0.2) is 42.5 Å². The highest BCUT2D eigenvalue weighted by Crippen LogP contribution is 2.28. The van der Waals surface area contributed by atoms with Gasteiger partial charge in [-0.15, -0.1) is 0 Å². The van der Waals surface area contributed by atoms with E-state index in [4.69, 9.17) is 14.2 Å². The van der Waals surface area contributed by atoms with Crippen molar-refractivity contribution in [2.75, 3.05) is 47.0 Å². The molecule has 1 heterocycles. The van der Waals surface area contributed by atoms with E-state index < -0.39 is 5.82 Å². The van der Waals surface area contributed by atoms with Gasteiger partial charge in [-0.2, -0.15) is 0 Å². The standard InChI is InChI=1S/C25H31FN2O5/c1-17(2)14-28(25(30)20-7-5-6-8-21(20)26)16-19-15-27(11-12-33-19)24(29)18-9-10-22(31-3)23(13-18)32-4/h5-10,13,17,19H,11-12,14-16H2,1-4H3. The van der Waals surface area contributed by atoms with Gasteiger partial charge in [-0.3, -0.25) is 9.59 Å². The maximum absolute atomic E-state index is 14.2. The maximum Gasteiger partial charge on any atom is 0.256 e. The summed E-state index contributed by atoms with van der Waals surface area (Å²) in [7, 11) is 3.06. The molecule has 2 aromatic carbocycles. The quantitative estimate of drug-likeness (QED) is 0.606. The molecule has 7 nitrogen and oxygen atoms in total. The SMILES string of the molecule is COc1ccc(C(=O)N2CCOC(CN(CC(C)C)C(=O)c3ccccc3F)C2)cc1OC. The molecule has 2 amide bonds. The first-order chi connectivity index (χ1) is 15.8. The Balaban J connectivity index is 1.73. The smallest absolute Gasteiger partial charge is 0.256 e. The predicted octanol–water partition coefficient (Wildman–Crippen LogP) is 3.48. The van der Waals surface area contributed by atoms with E-state index in [2.05, 4.69) is 0 Å². The van der Waals surface area contributed by atoms with Gasteiger partial charge in [-0.1, -0.05) is 26.0 Å². The van der Waals surface area contributed by atoms with Crippen molar-refractivity contribution < 1.29 is 28.2 Å². The van der Waals surface area contributed by atoms with Crippen molar-refractivity contribution in [3.05, 3.63) is 59.4 Å². The number of methoxy groups -OCH3 is 2. The number of carbonyl (C=O) groups excluding carboxylic acids is 2. The van der Waals surface area contributed by atoms with Crippen LogP contribution >= 0.6 is 0 Å². The van der Waals surface area contributed by atoms with E-state index in [-0.39, 0.29) is 35.9 Å². The Morgan fingerprint density at radius 1 is 1.15 bits per heavy atom. The summed E-state index contributed by atoms with van der Waals surface area (Å²) in [6.45, 7) is 5.83. The lowest BCUT2D eigenvalue weighted by atomic mass is 10.1. The maximum atomic E-state index is 14.2. The second-order valence-electron chi connectivity index (χ2n) is 8.40. The fraction of sp³-hybridized carbons (Fsp3) is 0.440. The zero-order chi connectivity index (χ0) is 24.0. The molecule has 0 radical (unpaired) electrons.